The van der Waals surface area contributed by atoms with Crippen LogP contribution in [-0.4, -0.2) is 54.1 Å². The second kappa shape index (κ2) is 4.93. The number of fused-ring (bicyclic) bond motifs is 1. The van der Waals surface area contributed by atoms with Crippen LogP contribution in [0.4, 0.5) is 0 Å². The highest BCUT2D eigenvalue weighted by Crippen LogP contribution is 2.22. The van der Waals surface area contributed by atoms with Gasteiger partial charge in [0.2, 0.25) is 0 Å². The number of likely N-dealkylation sites (N-methyl/N-ethyl adjacent to an activating group) is 1. The lowest BCUT2D eigenvalue weighted by atomic mass is 10.1. The molecule has 2 rings (SSSR count). The van der Waals surface area contributed by atoms with Crippen LogP contribution in [0.5, 0.6) is 0 Å². The van der Waals surface area contributed by atoms with Crippen molar-refractivity contribution < 1.29 is 14.4 Å². The second-order valence-electron chi connectivity index (χ2n) is 4.85. The molecule has 100 valence electrons. The Morgan fingerprint density at radius 1 is 1.16 bits per heavy atom. The Morgan fingerprint density at radius 2 is 1.63 bits per heavy atom. The number of Topliss-reactive ketones (excluding diaryl/α,β-unsaturated/α-hetero) is 1. The van der Waals surface area contributed by atoms with Crippen LogP contribution in [-0.2, 0) is 4.79 Å². The molecular weight excluding hydrogens is 244 g/mol. The van der Waals surface area contributed by atoms with Gasteiger partial charge in [-0.2, -0.15) is 0 Å². The van der Waals surface area contributed by atoms with Gasteiger partial charge in [-0.1, -0.05) is 12.1 Å². The molecule has 0 bridgehead atoms. The van der Waals surface area contributed by atoms with E-state index >= 15 is 0 Å². The average molecular weight is 260 g/mol. The highest BCUT2D eigenvalue weighted by atomic mass is 16.2. The van der Waals surface area contributed by atoms with Crippen LogP contribution in [0.3, 0.4) is 0 Å². The first-order valence-electron chi connectivity index (χ1n) is 6.08. The van der Waals surface area contributed by atoms with Gasteiger partial charge in [-0.3, -0.25) is 24.2 Å². The molecule has 1 aliphatic rings. The van der Waals surface area contributed by atoms with Crippen molar-refractivity contribution >= 4 is 17.6 Å². The average Bonchev–Trinajstić information content (AvgIpc) is 2.63. The summed E-state index contributed by atoms with van der Waals surface area (Å²) < 4.78 is 0. The summed E-state index contributed by atoms with van der Waals surface area (Å²) in [5.74, 6) is -0.931. The van der Waals surface area contributed by atoms with E-state index in [1.165, 1.54) is 0 Å². The molecule has 0 aliphatic carbocycles. The lowest BCUT2D eigenvalue weighted by Gasteiger charge is -2.21. The maximum atomic E-state index is 12.1. The molecule has 0 saturated carbocycles. The SMILES string of the molecule is CC(C(=O)CN1C(=O)c2ccccc2C1=O)N(C)C. The minimum atomic E-state index is -0.389. The Morgan fingerprint density at radius 3 is 2.05 bits per heavy atom. The van der Waals surface area contributed by atoms with Crippen LogP contribution in [0, 0.1) is 0 Å². The smallest absolute Gasteiger partial charge is 0.261 e. The van der Waals surface area contributed by atoms with Crippen LogP contribution < -0.4 is 0 Å². The zero-order chi connectivity index (χ0) is 14.2. The van der Waals surface area contributed by atoms with Crippen LogP contribution >= 0.6 is 0 Å². The van der Waals surface area contributed by atoms with E-state index < -0.39 is 0 Å². The summed E-state index contributed by atoms with van der Waals surface area (Å²) in [5, 5.41) is 0. The molecule has 5 heteroatoms. The van der Waals surface area contributed by atoms with Gasteiger partial charge in [0.15, 0.2) is 5.78 Å². The highest BCUT2D eigenvalue weighted by molar-refractivity contribution is 6.22. The van der Waals surface area contributed by atoms with E-state index in [9.17, 15) is 14.4 Å². The number of amides is 2. The van der Waals surface area contributed by atoms with Crippen molar-refractivity contribution in [3.8, 4) is 0 Å². The summed E-state index contributed by atoms with van der Waals surface area (Å²) >= 11 is 0. The Labute approximate surface area is 111 Å². The van der Waals surface area contributed by atoms with Gasteiger partial charge in [0.25, 0.3) is 11.8 Å². The molecule has 1 unspecified atom stereocenters. The normalized spacial score (nSPS) is 15.9. The minimum Gasteiger partial charge on any atom is -0.300 e. The van der Waals surface area contributed by atoms with Gasteiger partial charge in [0.05, 0.1) is 23.7 Å². The molecule has 1 aromatic carbocycles. The number of carbonyl (C=O) groups excluding carboxylic acids is 3. The van der Waals surface area contributed by atoms with Gasteiger partial charge >= 0.3 is 0 Å². The van der Waals surface area contributed by atoms with E-state index in [0.29, 0.717) is 11.1 Å². The number of imide groups is 1. The maximum absolute atomic E-state index is 12.1. The van der Waals surface area contributed by atoms with E-state index in [-0.39, 0.29) is 30.2 Å². The van der Waals surface area contributed by atoms with E-state index in [1.807, 2.05) is 0 Å². The van der Waals surface area contributed by atoms with Crippen molar-refractivity contribution in [1.82, 2.24) is 9.80 Å². The van der Waals surface area contributed by atoms with E-state index in [4.69, 9.17) is 0 Å². The fraction of sp³-hybridized carbons (Fsp3) is 0.357. The molecule has 0 fully saturated rings. The molecule has 19 heavy (non-hydrogen) atoms. The third-order valence-electron chi connectivity index (χ3n) is 3.43. The first-order chi connectivity index (χ1) is 8.93. The summed E-state index contributed by atoms with van der Waals surface area (Å²) in [4.78, 5) is 38.9. The molecule has 0 N–H and O–H groups in total. The first-order valence-corrected chi connectivity index (χ1v) is 6.08. The summed E-state index contributed by atoms with van der Waals surface area (Å²) in [6.07, 6.45) is 0. The van der Waals surface area contributed by atoms with Crippen LogP contribution in [0.25, 0.3) is 0 Å². The monoisotopic (exact) mass is 260 g/mol. The summed E-state index contributed by atoms with van der Waals surface area (Å²) in [6, 6.07) is 6.30. The maximum Gasteiger partial charge on any atom is 0.261 e. The molecule has 0 aromatic heterocycles. The van der Waals surface area contributed by atoms with Crippen molar-refractivity contribution in [3.63, 3.8) is 0 Å². The van der Waals surface area contributed by atoms with Gasteiger partial charge in [-0.25, -0.2) is 0 Å². The molecule has 0 radical (unpaired) electrons. The number of benzene rings is 1. The van der Waals surface area contributed by atoms with Crippen molar-refractivity contribution in [2.24, 2.45) is 0 Å². The highest BCUT2D eigenvalue weighted by Gasteiger charge is 2.36. The van der Waals surface area contributed by atoms with Crippen LogP contribution in [0.15, 0.2) is 24.3 Å². The molecule has 0 saturated heterocycles. The van der Waals surface area contributed by atoms with E-state index in [1.54, 1.807) is 50.2 Å². The number of hydrogen-bond acceptors (Lipinski definition) is 4. The van der Waals surface area contributed by atoms with Gasteiger partial charge in [0, 0.05) is 0 Å². The topological polar surface area (TPSA) is 57.7 Å². The minimum absolute atomic E-state index is 0.153. The Bertz CT molecular complexity index is 516. The summed E-state index contributed by atoms with van der Waals surface area (Å²) in [5.41, 5.74) is 0.746. The lowest BCUT2D eigenvalue weighted by molar-refractivity contribution is -0.123. The van der Waals surface area contributed by atoms with E-state index in [0.717, 1.165) is 4.90 Å². The second-order valence-corrected chi connectivity index (χ2v) is 4.85. The molecule has 5 nitrogen and oxygen atoms in total. The van der Waals surface area contributed by atoms with Crippen LogP contribution in [0.2, 0.25) is 0 Å². The van der Waals surface area contributed by atoms with Gasteiger partial charge in [-0.05, 0) is 33.2 Å². The molecule has 2 amide bonds. The third kappa shape index (κ3) is 2.29. The van der Waals surface area contributed by atoms with Crippen molar-refractivity contribution in [2.75, 3.05) is 20.6 Å². The Hall–Kier alpha value is -2.01. The number of nitrogens with zero attached hydrogens (tertiary/aromatic N) is 2. The summed E-state index contributed by atoms with van der Waals surface area (Å²) in [6.45, 7) is 1.58. The first kappa shape index (κ1) is 13.4. The van der Waals surface area contributed by atoms with Crippen molar-refractivity contribution in [1.29, 1.82) is 0 Å². The molecule has 1 atom stereocenters. The largest absolute Gasteiger partial charge is 0.300 e. The van der Waals surface area contributed by atoms with Gasteiger partial charge in [0.1, 0.15) is 0 Å². The van der Waals surface area contributed by atoms with Crippen molar-refractivity contribution in [3.05, 3.63) is 35.4 Å². The summed E-state index contributed by atoms with van der Waals surface area (Å²) in [7, 11) is 3.57. The van der Waals surface area contributed by atoms with Gasteiger partial charge < -0.3 is 0 Å². The zero-order valence-electron chi connectivity index (χ0n) is 11.2. The van der Waals surface area contributed by atoms with E-state index in [2.05, 4.69) is 0 Å². The molecule has 1 aromatic rings. The molecular formula is C14H16N2O3. The quantitative estimate of drug-likeness (QED) is 0.751. The predicted octanol–water partition coefficient (Wildman–Crippen LogP) is 0.802. The molecule has 1 aliphatic heterocycles. The Balaban J connectivity index is 2.19. The molecule has 1 heterocycles. The number of carbonyl (C=O) groups is 3. The molecule has 0 spiro atoms. The third-order valence-corrected chi connectivity index (χ3v) is 3.43. The number of ketones is 1. The number of rotatable bonds is 4. The van der Waals surface area contributed by atoms with Gasteiger partial charge in [-0.15, -0.1) is 0 Å². The fourth-order valence-electron chi connectivity index (χ4n) is 1.96. The zero-order valence-corrected chi connectivity index (χ0v) is 11.2. The standard InChI is InChI=1S/C14H16N2O3/c1-9(15(2)3)12(17)8-16-13(18)10-6-4-5-7-11(10)14(16)19/h4-7,9H,8H2,1-3H3. The van der Waals surface area contributed by atoms with Crippen LogP contribution in [0.1, 0.15) is 27.6 Å². The number of hydrogen-bond donors (Lipinski definition) is 0. The lowest BCUT2D eigenvalue weighted by Crippen LogP contribution is -2.42. The van der Waals surface area contributed by atoms with Crippen molar-refractivity contribution in [2.45, 2.75) is 13.0 Å². The Kier molecular flexibility index (Phi) is 3.48. The fourth-order valence-corrected chi connectivity index (χ4v) is 1.96. The predicted molar refractivity (Wildman–Crippen MR) is 70.0 cm³/mol.